The lowest BCUT2D eigenvalue weighted by molar-refractivity contribution is -0.114. The topological polar surface area (TPSA) is 64.1 Å². The molecular weight excluding hydrogens is 634 g/mol. The molecule has 0 heterocycles. The first-order valence-corrected chi connectivity index (χ1v) is 15.9. The van der Waals surface area contributed by atoms with Crippen molar-refractivity contribution in [1.29, 1.82) is 0 Å². The maximum Gasteiger partial charge on any atom is 0.286 e. The smallest absolute Gasteiger partial charge is 0.286 e. The third-order valence-electron chi connectivity index (χ3n) is 10.2. The van der Waals surface area contributed by atoms with Crippen LogP contribution >= 0.6 is 61.4 Å². The lowest BCUT2D eigenvalue weighted by Gasteiger charge is -2.53. The van der Waals surface area contributed by atoms with E-state index in [9.17, 15) is 14.5 Å². The Morgan fingerprint density at radius 2 is 1.51 bits per heavy atom. The molecule has 0 saturated heterocycles. The van der Waals surface area contributed by atoms with Crippen molar-refractivity contribution >= 4 is 72.9 Å². The Morgan fingerprint density at radius 3 is 2.07 bits per heavy atom. The monoisotopic (exact) mass is 685 g/mol. The number of carbonyl (C=O) groups excluding carboxylic acids is 1. The van der Waals surface area contributed by atoms with E-state index in [1.165, 1.54) is 22.3 Å². The number of anilines is 1. The van der Waals surface area contributed by atoms with E-state index in [0.717, 1.165) is 37.8 Å². The predicted molar refractivity (Wildman–Crippen MR) is 200 cm³/mol. The van der Waals surface area contributed by atoms with Crippen LogP contribution in [0.1, 0.15) is 63.4 Å². The third kappa shape index (κ3) is 6.86. The molecule has 0 aliphatic heterocycles. The number of aliphatic hydroxyl groups is 1. The maximum atomic E-state index is 13.7. The van der Waals surface area contributed by atoms with Crippen molar-refractivity contribution in [3.63, 3.8) is 0 Å². The molecule has 4 aliphatic rings. The van der Waals surface area contributed by atoms with E-state index in [-0.39, 0.29) is 65.7 Å². The van der Waals surface area contributed by atoms with Crippen molar-refractivity contribution in [2.45, 2.75) is 63.4 Å². The molecule has 2 fully saturated rings. The number of hydrogen-bond acceptors (Lipinski definition) is 4. The molecule has 0 amide bonds. The quantitative estimate of drug-likeness (QED) is 0.305. The van der Waals surface area contributed by atoms with Gasteiger partial charge in [0, 0.05) is 37.5 Å². The van der Waals surface area contributed by atoms with E-state index < -0.39 is 18.5 Å². The first-order valence-electron chi connectivity index (χ1n) is 14.3. The molecule has 0 spiro atoms. The molecular formula is C32H52N3O3PS4. The summed E-state index contributed by atoms with van der Waals surface area (Å²) in [6.45, 7) is 2.23. The van der Waals surface area contributed by atoms with Crippen LogP contribution in [0, 0.1) is 28.8 Å². The van der Waals surface area contributed by atoms with Gasteiger partial charge in [-0.1, -0.05) is 30.6 Å². The number of hydrogen-bond donors (Lipinski definition) is 1. The minimum absolute atomic E-state index is 0. The molecule has 0 radical (unpaired) electrons. The molecule has 1 aromatic rings. The molecule has 43 heavy (non-hydrogen) atoms. The van der Waals surface area contributed by atoms with E-state index in [1.807, 2.05) is 6.08 Å². The second-order valence-electron chi connectivity index (χ2n) is 12.9. The predicted octanol–water partition coefficient (Wildman–Crippen LogP) is 6.11. The highest BCUT2D eigenvalue weighted by Gasteiger charge is 2.62. The van der Waals surface area contributed by atoms with E-state index in [1.54, 1.807) is 37.5 Å². The summed E-state index contributed by atoms with van der Waals surface area (Å²) in [4.78, 5) is 14.4. The van der Waals surface area contributed by atoms with E-state index >= 15 is 0 Å². The molecule has 4 aliphatic carbocycles. The molecule has 1 N–H and O–H groups in total. The van der Waals surface area contributed by atoms with Gasteiger partial charge in [-0.05, 0) is 119 Å². The van der Waals surface area contributed by atoms with Crippen molar-refractivity contribution in [2.75, 3.05) is 47.2 Å². The number of benzene rings is 1. The van der Waals surface area contributed by atoms with Crippen molar-refractivity contribution in [3.05, 3.63) is 52.6 Å². The van der Waals surface area contributed by atoms with Crippen molar-refractivity contribution in [1.82, 2.24) is 9.34 Å². The van der Waals surface area contributed by atoms with E-state index in [4.69, 9.17) is 0 Å². The van der Waals surface area contributed by atoms with Gasteiger partial charge in [-0.3, -0.25) is 9.36 Å². The Balaban J connectivity index is 0.00000231. The zero-order valence-electron chi connectivity index (χ0n) is 26.6. The van der Waals surface area contributed by atoms with Gasteiger partial charge in [0.15, 0.2) is 5.78 Å². The summed E-state index contributed by atoms with van der Waals surface area (Å²) in [6.07, 6.45) is 7.52. The molecule has 5 atom stereocenters. The Bertz CT molecular complexity index is 1340. The zero-order chi connectivity index (χ0) is 28.3. The van der Waals surface area contributed by atoms with Gasteiger partial charge in [-0.25, -0.2) is 9.34 Å². The Morgan fingerprint density at radius 1 is 0.907 bits per heavy atom. The highest BCUT2D eigenvalue weighted by atomic mass is 32.1. The average molecular weight is 686 g/mol. The molecule has 0 unspecified atom stereocenters. The fraction of sp³-hybridized carbons (Fsp3) is 0.594. The summed E-state index contributed by atoms with van der Waals surface area (Å²) in [5, 5.41) is 12.3. The maximum absolute atomic E-state index is 13.7. The van der Waals surface area contributed by atoms with Crippen LogP contribution < -0.4 is 4.90 Å². The lowest BCUT2D eigenvalue weighted by atomic mass is 9.51. The lowest BCUT2D eigenvalue weighted by Crippen LogP contribution is -2.51. The van der Waals surface area contributed by atoms with Crippen molar-refractivity contribution in [3.8, 4) is 11.6 Å². The largest absolute Gasteiger partial charge is 0.378 e. The molecule has 11 heteroatoms. The van der Waals surface area contributed by atoms with Gasteiger partial charge in [0.05, 0.1) is 0 Å². The summed E-state index contributed by atoms with van der Waals surface area (Å²) in [6, 6.07) is 8.84. The molecule has 0 aromatic heterocycles. The van der Waals surface area contributed by atoms with Crippen LogP contribution in [0.15, 0.2) is 47.1 Å². The molecule has 242 valence electrons. The fourth-order valence-electron chi connectivity index (χ4n) is 7.90. The van der Waals surface area contributed by atoms with Gasteiger partial charge in [0.2, 0.25) is 0 Å². The SMILES string of the molecule is CN(C)c1ccc([C@H]2C[C@@]3(C)[C@@H](CC[C@@]3(O)C#CP(=O)(N(C)C)N(C)C)[C@@H]3CCC4=CC(=O)CCC4=C32)cc1.S.S.S.S. The van der Waals surface area contributed by atoms with Gasteiger partial charge in [0.25, 0.3) is 7.44 Å². The third-order valence-corrected chi connectivity index (χ3v) is 12.8. The first-order chi connectivity index (χ1) is 18.3. The molecule has 0 bridgehead atoms. The van der Waals surface area contributed by atoms with Crippen molar-refractivity contribution < 1.29 is 14.5 Å². The van der Waals surface area contributed by atoms with Crippen LogP contribution in [0.5, 0.6) is 0 Å². The summed E-state index contributed by atoms with van der Waals surface area (Å²) in [5.74, 6) is 4.29. The first kappa shape index (κ1) is 40.3. The number of allylic oxidation sites excluding steroid dienone is 4. The van der Waals surface area contributed by atoms with Gasteiger partial charge >= 0.3 is 0 Å². The highest BCUT2D eigenvalue weighted by Crippen LogP contribution is 2.67. The summed E-state index contributed by atoms with van der Waals surface area (Å²) < 4.78 is 17.0. The normalized spacial score (nSPS) is 29.3. The van der Waals surface area contributed by atoms with E-state index in [2.05, 4.69) is 61.8 Å². The number of ketones is 1. The van der Waals surface area contributed by atoms with Crippen LogP contribution in [0.25, 0.3) is 0 Å². The fourth-order valence-corrected chi connectivity index (χ4v) is 9.34. The molecule has 1 aromatic carbocycles. The average Bonchev–Trinajstić information content (AvgIpc) is 3.16. The minimum Gasteiger partial charge on any atom is -0.378 e. The summed E-state index contributed by atoms with van der Waals surface area (Å²) in [7, 11) is 8.16. The highest BCUT2D eigenvalue weighted by molar-refractivity contribution is 7.64. The van der Waals surface area contributed by atoms with Gasteiger partial charge in [-0.2, -0.15) is 54.0 Å². The Labute approximate surface area is 287 Å². The van der Waals surface area contributed by atoms with Gasteiger partial charge in [0.1, 0.15) is 5.60 Å². The van der Waals surface area contributed by atoms with E-state index in [0.29, 0.717) is 24.7 Å². The van der Waals surface area contributed by atoms with Crippen LogP contribution in [-0.2, 0) is 9.36 Å². The molecule has 2 saturated carbocycles. The Kier molecular flexibility index (Phi) is 13.8. The number of fused-ring (bicyclic) bond motifs is 4. The van der Waals surface area contributed by atoms with Crippen LogP contribution in [0.2, 0.25) is 0 Å². The van der Waals surface area contributed by atoms with Crippen molar-refractivity contribution in [2.24, 2.45) is 17.3 Å². The standard InChI is InChI=1S/C32H44N3O3P.4H2S/c1-31-21-28(22-8-11-24(12-9-22)33(2)3)30-26-15-13-25(36)20-23(26)10-14-27(30)29(31)16-17-32(31,37)18-19-39(38,34(4)5)35(6)7;;;;/h8-9,11-12,20,27-29,37H,10,13-17,21H2,1-7H3;4*1H2/t27-,28+,29-,31-,32+;;;;/m0..../s1. The molecule has 6 nitrogen and oxygen atoms in total. The summed E-state index contributed by atoms with van der Waals surface area (Å²) >= 11 is 0. The second kappa shape index (κ2) is 14.8. The van der Waals surface area contributed by atoms with Gasteiger partial charge in [-0.15, -0.1) is 0 Å². The van der Waals surface area contributed by atoms with Gasteiger partial charge < -0.3 is 10.0 Å². The molecule has 5 rings (SSSR count). The number of carbonyl (C=O) groups is 1. The van der Waals surface area contributed by atoms with Crippen LogP contribution in [-0.4, -0.2) is 68.1 Å². The zero-order valence-corrected chi connectivity index (χ0v) is 31.5. The Hall–Kier alpha value is -0.760. The van der Waals surface area contributed by atoms with Crippen LogP contribution in [0.3, 0.4) is 0 Å². The number of nitrogens with zero attached hydrogens (tertiary/aromatic N) is 3. The minimum atomic E-state index is -3.09. The summed E-state index contributed by atoms with van der Waals surface area (Å²) in [5.41, 5.74) is 8.00. The number of rotatable bonds is 4. The second-order valence-corrected chi connectivity index (χ2v) is 15.8. The van der Waals surface area contributed by atoms with Crippen LogP contribution in [0.4, 0.5) is 5.69 Å².